The number of likely N-dealkylation sites (tertiary alicyclic amines) is 1. The number of amides is 1. The van der Waals surface area contributed by atoms with Crippen LogP contribution in [0.4, 0.5) is 0 Å². The molecule has 4 rings (SSSR count). The van der Waals surface area contributed by atoms with E-state index in [-0.39, 0.29) is 0 Å². The van der Waals surface area contributed by atoms with E-state index >= 15 is 0 Å². The summed E-state index contributed by atoms with van der Waals surface area (Å²) in [7, 11) is 4.24. The van der Waals surface area contributed by atoms with E-state index in [1.54, 1.807) is 0 Å². The van der Waals surface area contributed by atoms with Crippen LogP contribution in [-0.4, -0.2) is 73.0 Å². The molecule has 3 aliphatic rings. The lowest BCUT2D eigenvalue weighted by Crippen LogP contribution is -2.50. The molecule has 2 aliphatic heterocycles. The van der Waals surface area contributed by atoms with Crippen molar-refractivity contribution in [1.82, 2.24) is 14.7 Å². The summed E-state index contributed by atoms with van der Waals surface area (Å²) < 4.78 is 6.13. The first-order valence-corrected chi connectivity index (χ1v) is 10.0. The SMILES string of the molecule is CN(C)C[C@@H]1COc2ccccc2CN1C[C@H]1CCCN1C(=O)C1CC1. The zero-order valence-electron chi connectivity index (χ0n) is 16.1. The van der Waals surface area contributed by atoms with E-state index < -0.39 is 0 Å². The van der Waals surface area contributed by atoms with E-state index in [1.807, 2.05) is 6.07 Å². The van der Waals surface area contributed by atoms with Crippen molar-refractivity contribution in [2.24, 2.45) is 5.92 Å². The molecule has 1 saturated carbocycles. The number of carbonyl (C=O) groups excluding carboxylic acids is 1. The maximum atomic E-state index is 12.7. The molecule has 0 N–H and O–H groups in total. The highest BCUT2D eigenvalue weighted by Gasteiger charge is 2.39. The number of fused-ring (bicyclic) bond motifs is 1. The molecule has 1 amide bonds. The monoisotopic (exact) mass is 357 g/mol. The van der Waals surface area contributed by atoms with Crippen molar-refractivity contribution in [3.63, 3.8) is 0 Å². The topological polar surface area (TPSA) is 36.0 Å². The Morgan fingerprint density at radius 1 is 1.19 bits per heavy atom. The lowest BCUT2D eigenvalue weighted by Gasteiger charge is -2.35. The Morgan fingerprint density at radius 3 is 2.77 bits per heavy atom. The van der Waals surface area contributed by atoms with Crippen LogP contribution in [0.25, 0.3) is 0 Å². The van der Waals surface area contributed by atoms with Crippen LogP contribution in [-0.2, 0) is 11.3 Å². The molecule has 1 aromatic carbocycles. The zero-order chi connectivity index (χ0) is 18.1. The number of hydrogen-bond donors (Lipinski definition) is 0. The Hall–Kier alpha value is -1.59. The summed E-state index contributed by atoms with van der Waals surface area (Å²) in [6.07, 6.45) is 4.46. The molecule has 0 unspecified atom stereocenters. The van der Waals surface area contributed by atoms with Crippen LogP contribution in [0.1, 0.15) is 31.2 Å². The van der Waals surface area contributed by atoms with Gasteiger partial charge in [-0.3, -0.25) is 9.69 Å². The van der Waals surface area contributed by atoms with E-state index in [4.69, 9.17) is 4.74 Å². The zero-order valence-corrected chi connectivity index (χ0v) is 16.1. The van der Waals surface area contributed by atoms with Gasteiger partial charge < -0.3 is 14.5 Å². The van der Waals surface area contributed by atoms with E-state index in [0.29, 0.717) is 30.5 Å². The first kappa shape index (κ1) is 17.8. The van der Waals surface area contributed by atoms with Crippen LogP contribution in [0, 0.1) is 5.92 Å². The minimum atomic E-state index is 0.321. The molecule has 0 radical (unpaired) electrons. The minimum Gasteiger partial charge on any atom is -0.492 e. The molecular weight excluding hydrogens is 326 g/mol. The smallest absolute Gasteiger partial charge is 0.225 e. The first-order valence-electron chi connectivity index (χ1n) is 10.0. The highest BCUT2D eigenvalue weighted by atomic mass is 16.5. The lowest BCUT2D eigenvalue weighted by atomic mass is 10.1. The summed E-state index contributed by atoms with van der Waals surface area (Å²) in [5.41, 5.74) is 1.26. The third kappa shape index (κ3) is 3.89. The fraction of sp³-hybridized carbons (Fsp3) is 0.667. The van der Waals surface area contributed by atoms with Gasteiger partial charge in [-0.2, -0.15) is 0 Å². The second-order valence-corrected chi connectivity index (χ2v) is 8.37. The number of ether oxygens (including phenoxy) is 1. The Bertz CT molecular complexity index is 644. The molecule has 1 aliphatic carbocycles. The Labute approximate surface area is 156 Å². The molecule has 2 heterocycles. The lowest BCUT2D eigenvalue weighted by molar-refractivity contribution is -0.133. The number of likely N-dealkylation sites (N-methyl/N-ethyl adjacent to an activating group) is 1. The molecular formula is C21H31N3O2. The molecule has 26 heavy (non-hydrogen) atoms. The quantitative estimate of drug-likeness (QED) is 0.810. The molecule has 142 valence electrons. The van der Waals surface area contributed by atoms with Crippen molar-refractivity contribution in [3.05, 3.63) is 29.8 Å². The van der Waals surface area contributed by atoms with Gasteiger partial charge in [-0.25, -0.2) is 0 Å². The number of benzene rings is 1. The van der Waals surface area contributed by atoms with Crippen LogP contribution in [0.3, 0.4) is 0 Å². The van der Waals surface area contributed by atoms with Crippen LogP contribution < -0.4 is 4.74 Å². The largest absolute Gasteiger partial charge is 0.492 e. The summed E-state index contributed by atoms with van der Waals surface area (Å²) >= 11 is 0. The van der Waals surface area contributed by atoms with Crippen LogP contribution in [0.2, 0.25) is 0 Å². The summed E-state index contributed by atoms with van der Waals surface area (Å²) in [6.45, 7) is 4.47. The van der Waals surface area contributed by atoms with Gasteiger partial charge in [-0.1, -0.05) is 18.2 Å². The molecule has 2 atom stereocenters. The highest BCUT2D eigenvalue weighted by molar-refractivity contribution is 5.81. The van der Waals surface area contributed by atoms with Gasteiger partial charge >= 0.3 is 0 Å². The number of nitrogens with zero attached hydrogens (tertiary/aromatic N) is 3. The van der Waals surface area contributed by atoms with Crippen molar-refractivity contribution >= 4 is 5.91 Å². The maximum absolute atomic E-state index is 12.7. The van der Waals surface area contributed by atoms with E-state index in [1.165, 1.54) is 5.56 Å². The van der Waals surface area contributed by atoms with Gasteiger partial charge in [0, 0.05) is 43.7 Å². The summed E-state index contributed by atoms with van der Waals surface area (Å²) in [5, 5.41) is 0. The van der Waals surface area contributed by atoms with E-state index in [2.05, 4.69) is 47.0 Å². The van der Waals surface area contributed by atoms with Gasteiger partial charge in [0.2, 0.25) is 5.91 Å². The Balaban J connectivity index is 1.51. The predicted molar refractivity (Wildman–Crippen MR) is 102 cm³/mol. The summed E-state index contributed by atoms with van der Waals surface area (Å²) in [4.78, 5) is 19.6. The molecule has 0 spiro atoms. The van der Waals surface area contributed by atoms with Crippen molar-refractivity contribution in [2.45, 2.75) is 44.3 Å². The number of para-hydroxylation sites is 1. The first-order chi connectivity index (χ1) is 12.6. The average Bonchev–Trinajstić information content (AvgIpc) is 3.39. The molecule has 5 heteroatoms. The second kappa shape index (κ2) is 7.57. The summed E-state index contributed by atoms with van der Waals surface area (Å²) in [6, 6.07) is 9.08. The average molecular weight is 357 g/mol. The third-order valence-electron chi connectivity index (χ3n) is 5.90. The van der Waals surface area contributed by atoms with Crippen molar-refractivity contribution in [3.8, 4) is 5.75 Å². The van der Waals surface area contributed by atoms with Gasteiger partial charge in [-0.05, 0) is 45.8 Å². The van der Waals surface area contributed by atoms with Gasteiger partial charge in [0.25, 0.3) is 0 Å². The third-order valence-corrected chi connectivity index (χ3v) is 5.90. The Kier molecular flexibility index (Phi) is 5.18. The highest BCUT2D eigenvalue weighted by Crippen LogP contribution is 2.34. The fourth-order valence-corrected chi connectivity index (χ4v) is 4.37. The maximum Gasteiger partial charge on any atom is 0.225 e. The van der Waals surface area contributed by atoms with Crippen molar-refractivity contribution in [2.75, 3.05) is 40.3 Å². The number of carbonyl (C=O) groups is 1. The van der Waals surface area contributed by atoms with Gasteiger partial charge in [0.15, 0.2) is 0 Å². The molecule has 2 fully saturated rings. The van der Waals surface area contributed by atoms with Crippen LogP contribution >= 0.6 is 0 Å². The fourth-order valence-electron chi connectivity index (χ4n) is 4.37. The Morgan fingerprint density at radius 2 is 2.00 bits per heavy atom. The molecule has 0 bridgehead atoms. The molecule has 0 aromatic heterocycles. The van der Waals surface area contributed by atoms with Crippen molar-refractivity contribution < 1.29 is 9.53 Å². The van der Waals surface area contributed by atoms with Gasteiger partial charge in [0.05, 0.1) is 6.04 Å². The summed E-state index contributed by atoms with van der Waals surface area (Å²) in [5.74, 6) is 1.74. The molecule has 5 nitrogen and oxygen atoms in total. The van der Waals surface area contributed by atoms with E-state index in [9.17, 15) is 4.79 Å². The standard InChI is InChI=1S/C21H31N3O2/c1-22(2)13-19-15-26-20-8-4-3-6-17(20)12-23(19)14-18-7-5-11-24(18)21(25)16-9-10-16/h3-4,6,8,16,18-19H,5,7,9-15H2,1-2H3/t18-,19-/m1/s1. The predicted octanol–water partition coefficient (Wildman–Crippen LogP) is 2.21. The van der Waals surface area contributed by atoms with E-state index in [0.717, 1.165) is 57.6 Å². The number of rotatable bonds is 5. The van der Waals surface area contributed by atoms with Crippen LogP contribution in [0.5, 0.6) is 5.75 Å². The second-order valence-electron chi connectivity index (χ2n) is 8.37. The normalized spacial score (nSPS) is 26.5. The van der Waals surface area contributed by atoms with Crippen molar-refractivity contribution in [1.29, 1.82) is 0 Å². The van der Waals surface area contributed by atoms with Gasteiger partial charge in [-0.15, -0.1) is 0 Å². The number of hydrogen-bond acceptors (Lipinski definition) is 4. The van der Waals surface area contributed by atoms with Crippen LogP contribution in [0.15, 0.2) is 24.3 Å². The van der Waals surface area contributed by atoms with Gasteiger partial charge in [0.1, 0.15) is 12.4 Å². The minimum absolute atomic E-state index is 0.321. The molecule has 1 aromatic rings. The molecule has 1 saturated heterocycles.